The Labute approximate surface area is 192 Å². The van der Waals surface area contributed by atoms with E-state index in [0.29, 0.717) is 27.5 Å². The first-order valence-electron chi connectivity index (χ1n) is 8.30. The summed E-state index contributed by atoms with van der Waals surface area (Å²) < 4.78 is 19.0. The summed E-state index contributed by atoms with van der Waals surface area (Å²) in [7, 11) is 1.53. The third kappa shape index (κ3) is 5.94. The lowest BCUT2D eigenvalue weighted by Gasteiger charge is -2.12. The lowest BCUT2D eigenvalue weighted by atomic mass is 10.2. The van der Waals surface area contributed by atoms with E-state index in [1.807, 2.05) is 30.3 Å². The van der Waals surface area contributed by atoms with Gasteiger partial charge in [-0.05, 0) is 52.3 Å². The first-order valence-corrected chi connectivity index (χ1v) is 10.7. The highest BCUT2D eigenvalue weighted by atomic mass is 79.9. The number of nitrogens with one attached hydrogen (secondary N) is 1. The number of rotatable bonds is 7. The third-order valence-electron chi connectivity index (χ3n) is 3.68. The van der Waals surface area contributed by atoms with Gasteiger partial charge < -0.3 is 13.9 Å². The van der Waals surface area contributed by atoms with Gasteiger partial charge in [-0.2, -0.15) is 5.10 Å². The predicted octanol–water partition coefficient (Wildman–Crippen LogP) is 5.77. The van der Waals surface area contributed by atoms with Gasteiger partial charge in [0.15, 0.2) is 18.1 Å². The van der Waals surface area contributed by atoms with Crippen molar-refractivity contribution in [3.63, 3.8) is 0 Å². The second-order valence-electron chi connectivity index (χ2n) is 5.71. The van der Waals surface area contributed by atoms with Gasteiger partial charge in [-0.1, -0.05) is 44.0 Å². The van der Waals surface area contributed by atoms with Crippen LogP contribution in [-0.2, 0) is 4.79 Å². The van der Waals surface area contributed by atoms with Crippen LogP contribution >= 0.6 is 47.8 Å². The number of carbonyl (C=O) groups excluding carboxylic acids is 1. The Balaban J connectivity index is 1.55. The highest BCUT2D eigenvalue weighted by Gasteiger charge is 2.12. The molecule has 9 heteroatoms. The molecular weight excluding hydrogens is 572 g/mol. The van der Waals surface area contributed by atoms with E-state index in [0.717, 1.165) is 14.5 Å². The second-order valence-corrected chi connectivity index (χ2v) is 8.40. The number of methoxy groups -OCH3 is 1. The number of furan rings is 1. The topological polar surface area (TPSA) is 73.1 Å². The van der Waals surface area contributed by atoms with Crippen molar-refractivity contribution < 1.29 is 18.7 Å². The standard InChI is InChI=1S/C20H15Br3N2O4/c1-27-18-9-14(22)8-16(23)20(18)28-11-19(26)25-24-10-15-6-7-17(29-15)12-2-4-13(21)5-3-12/h2-10H,11H2,1H3,(H,25,26). The van der Waals surface area contributed by atoms with Crippen LogP contribution in [0.1, 0.15) is 5.76 Å². The molecule has 150 valence electrons. The zero-order valence-corrected chi connectivity index (χ0v) is 19.9. The largest absolute Gasteiger partial charge is 0.493 e. The molecule has 0 bridgehead atoms. The summed E-state index contributed by atoms with van der Waals surface area (Å²) in [4.78, 5) is 12.0. The Morgan fingerprint density at radius 1 is 1.10 bits per heavy atom. The predicted molar refractivity (Wildman–Crippen MR) is 121 cm³/mol. The average molecular weight is 587 g/mol. The fourth-order valence-corrected chi connectivity index (χ4v) is 3.92. The van der Waals surface area contributed by atoms with E-state index < -0.39 is 5.91 Å². The van der Waals surface area contributed by atoms with Crippen molar-refractivity contribution in [3.8, 4) is 22.8 Å². The van der Waals surface area contributed by atoms with Crippen LogP contribution in [0.3, 0.4) is 0 Å². The van der Waals surface area contributed by atoms with Gasteiger partial charge >= 0.3 is 0 Å². The molecule has 0 saturated carbocycles. The minimum absolute atomic E-state index is 0.226. The smallest absolute Gasteiger partial charge is 0.277 e. The molecule has 0 atom stereocenters. The number of carbonyl (C=O) groups is 1. The van der Waals surface area contributed by atoms with E-state index in [9.17, 15) is 4.79 Å². The van der Waals surface area contributed by atoms with Gasteiger partial charge in [0.2, 0.25) is 0 Å². The molecule has 1 aromatic heterocycles. The van der Waals surface area contributed by atoms with Gasteiger partial charge in [0, 0.05) is 14.5 Å². The summed E-state index contributed by atoms with van der Waals surface area (Å²) >= 11 is 10.2. The van der Waals surface area contributed by atoms with E-state index in [-0.39, 0.29) is 6.61 Å². The Bertz CT molecular complexity index is 1030. The van der Waals surface area contributed by atoms with Gasteiger partial charge in [-0.25, -0.2) is 5.43 Å². The molecule has 1 heterocycles. The first-order chi connectivity index (χ1) is 14.0. The normalized spacial score (nSPS) is 10.9. The van der Waals surface area contributed by atoms with E-state index in [1.54, 1.807) is 18.2 Å². The summed E-state index contributed by atoms with van der Waals surface area (Å²) in [6, 6.07) is 14.9. The van der Waals surface area contributed by atoms with Gasteiger partial charge in [0.25, 0.3) is 5.91 Å². The molecule has 2 aromatic carbocycles. The SMILES string of the molecule is COc1cc(Br)cc(Br)c1OCC(=O)NN=Cc1ccc(-c2ccc(Br)cc2)o1. The molecule has 1 amide bonds. The fraction of sp³-hybridized carbons (Fsp3) is 0.100. The van der Waals surface area contributed by atoms with Crippen LogP contribution < -0.4 is 14.9 Å². The van der Waals surface area contributed by atoms with Crippen molar-refractivity contribution in [1.82, 2.24) is 5.43 Å². The van der Waals surface area contributed by atoms with Crippen LogP contribution in [-0.4, -0.2) is 25.8 Å². The molecule has 1 N–H and O–H groups in total. The highest BCUT2D eigenvalue weighted by molar-refractivity contribution is 9.11. The van der Waals surface area contributed by atoms with Crippen molar-refractivity contribution in [2.24, 2.45) is 5.10 Å². The maximum Gasteiger partial charge on any atom is 0.277 e. The number of amides is 1. The number of nitrogens with zero attached hydrogens (tertiary/aromatic N) is 1. The molecule has 29 heavy (non-hydrogen) atoms. The summed E-state index contributed by atoms with van der Waals surface area (Å²) in [5, 5.41) is 3.90. The van der Waals surface area contributed by atoms with Gasteiger partial charge in [-0.3, -0.25) is 4.79 Å². The third-order valence-corrected chi connectivity index (χ3v) is 5.25. The Morgan fingerprint density at radius 3 is 2.59 bits per heavy atom. The molecule has 0 aliphatic heterocycles. The molecule has 0 spiro atoms. The zero-order valence-electron chi connectivity index (χ0n) is 15.1. The first kappa shape index (κ1) is 21.6. The molecule has 0 aliphatic carbocycles. The summed E-state index contributed by atoms with van der Waals surface area (Å²) in [6.07, 6.45) is 1.43. The monoisotopic (exact) mass is 584 g/mol. The van der Waals surface area contributed by atoms with Crippen LogP contribution in [0.5, 0.6) is 11.5 Å². The summed E-state index contributed by atoms with van der Waals surface area (Å²) in [6.45, 7) is -0.226. The minimum Gasteiger partial charge on any atom is -0.493 e. The van der Waals surface area contributed by atoms with Crippen LogP contribution in [0.15, 0.2) is 71.5 Å². The number of benzene rings is 2. The lowest BCUT2D eigenvalue weighted by molar-refractivity contribution is -0.123. The molecule has 0 aliphatic rings. The number of hydrazone groups is 1. The Kier molecular flexibility index (Phi) is 7.51. The lowest BCUT2D eigenvalue weighted by Crippen LogP contribution is -2.24. The number of hydrogen-bond donors (Lipinski definition) is 1. The van der Waals surface area contributed by atoms with E-state index in [4.69, 9.17) is 13.9 Å². The Morgan fingerprint density at radius 2 is 1.86 bits per heavy atom. The van der Waals surface area contributed by atoms with E-state index >= 15 is 0 Å². The van der Waals surface area contributed by atoms with Crippen molar-refractivity contribution in [2.75, 3.05) is 13.7 Å². The molecule has 6 nitrogen and oxygen atoms in total. The number of ether oxygens (including phenoxy) is 2. The molecule has 0 fully saturated rings. The van der Waals surface area contributed by atoms with Crippen molar-refractivity contribution in [1.29, 1.82) is 0 Å². The number of hydrogen-bond acceptors (Lipinski definition) is 5. The summed E-state index contributed by atoms with van der Waals surface area (Å²) in [5.74, 6) is 1.73. The fourth-order valence-electron chi connectivity index (χ4n) is 2.36. The molecule has 0 radical (unpaired) electrons. The van der Waals surface area contributed by atoms with Crippen LogP contribution in [0.4, 0.5) is 0 Å². The average Bonchev–Trinajstić information content (AvgIpc) is 3.16. The van der Waals surface area contributed by atoms with E-state index in [2.05, 4.69) is 58.3 Å². The van der Waals surface area contributed by atoms with Gasteiger partial charge in [-0.15, -0.1) is 0 Å². The molecular formula is C20H15Br3N2O4. The van der Waals surface area contributed by atoms with Crippen LogP contribution in [0.2, 0.25) is 0 Å². The van der Waals surface area contributed by atoms with Crippen LogP contribution in [0, 0.1) is 0 Å². The zero-order chi connectivity index (χ0) is 20.8. The maximum absolute atomic E-state index is 12.0. The quantitative estimate of drug-likeness (QED) is 0.282. The van der Waals surface area contributed by atoms with Crippen molar-refractivity contribution in [2.45, 2.75) is 0 Å². The maximum atomic E-state index is 12.0. The molecule has 0 saturated heterocycles. The number of halogens is 3. The van der Waals surface area contributed by atoms with Gasteiger partial charge in [0.05, 0.1) is 17.8 Å². The molecule has 3 rings (SSSR count). The van der Waals surface area contributed by atoms with Crippen LogP contribution in [0.25, 0.3) is 11.3 Å². The Hall–Kier alpha value is -2.10. The van der Waals surface area contributed by atoms with Crippen molar-refractivity contribution >= 4 is 59.9 Å². The minimum atomic E-state index is -0.419. The van der Waals surface area contributed by atoms with Crippen molar-refractivity contribution in [3.05, 3.63) is 67.7 Å². The molecule has 0 unspecified atom stereocenters. The van der Waals surface area contributed by atoms with Gasteiger partial charge in [0.1, 0.15) is 11.5 Å². The second kappa shape index (κ2) is 10.1. The highest BCUT2D eigenvalue weighted by Crippen LogP contribution is 2.38. The summed E-state index contributed by atoms with van der Waals surface area (Å²) in [5.41, 5.74) is 3.34. The van der Waals surface area contributed by atoms with E-state index in [1.165, 1.54) is 13.3 Å². The molecule has 3 aromatic rings.